The van der Waals surface area contributed by atoms with Crippen LogP contribution in [0.2, 0.25) is 0 Å². The van der Waals surface area contributed by atoms with E-state index in [0.29, 0.717) is 17.8 Å². The van der Waals surface area contributed by atoms with Crippen molar-refractivity contribution in [1.82, 2.24) is 4.72 Å². The number of aryl methyl sites for hydroxylation is 1. The highest BCUT2D eigenvalue weighted by Crippen LogP contribution is 2.15. The molecule has 2 aromatic carbocycles. The third-order valence-corrected chi connectivity index (χ3v) is 4.88. The van der Waals surface area contributed by atoms with Gasteiger partial charge in [0.05, 0.1) is 4.90 Å². The van der Waals surface area contributed by atoms with Crippen molar-refractivity contribution in [2.75, 3.05) is 11.9 Å². The van der Waals surface area contributed by atoms with Crippen LogP contribution < -0.4 is 10.0 Å². The van der Waals surface area contributed by atoms with Gasteiger partial charge in [-0.2, -0.15) is 0 Å². The predicted molar refractivity (Wildman–Crippen MR) is 91.1 cm³/mol. The van der Waals surface area contributed by atoms with E-state index in [1.165, 1.54) is 12.1 Å². The van der Waals surface area contributed by atoms with Gasteiger partial charge >= 0.3 is 0 Å². The Kier molecular flexibility index (Phi) is 5.52. The molecule has 23 heavy (non-hydrogen) atoms. The lowest BCUT2D eigenvalue weighted by Gasteiger charge is -2.09. The van der Waals surface area contributed by atoms with Crippen LogP contribution in [0.25, 0.3) is 0 Å². The van der Waals surface area contributed by atoms with Crippen LogP contribution in [0.3, 0.4) is 0 Å². The molecular weight excluding hydrogens is 312 g/mol. The standard InChI is InChI=1S/C17H20N2O3S/c1-3-13-7-5-9-15(11-13)19-17(20)14-8-6-10-16(12-14)23(21,22)18-4-2/h5-12,18H,3-4H2,1-2H3,(H,19,20). The fourth-order valence-electron chi connectivity index (χ4n) is 2.15. The van der Waals surface area contributed by atoms with Crippen molar-refractivity contribution in [1.29, 1.82) is 0 Å². The average molecular weight is 332 g/mol. The van der Waals surface area contributed by atoms with Gasteiger partial charge in [-0.15, -0.1) is 0 Å². The summed E-state index contributed by atoms with van der Waals surface area (Å²) in [5.74, 6) is -0.341. The highest BCUT2D eigenvalue weighted by atomic mass is 32.2. The summed E-state index contributed by atoms with van der Waals surface area (Å²) >= 11 is 0. The molecule has 0 aromatic heterocycles. The molecule has 0 aliphatic rings. The lowest BCUT2D eigenvalue weighted by molar-refractivity contribution is 0.102. The first kappa shape index (κ1) is 17.2. The summed E-state index contributed by atoms with van der Waals surface area (Å²) in [6, 6.07) is 13.5. The van der Waals surface area contributed by atoms with Crippen molar-refractivity contribution in [3.8, 4) is 0 Å². The fourth-order valence-corrected chi connectivity index (χ4v) is 3.24. The van der Waals surface area contributed by atoms with Crippen LogP contribution in [0.15, 0.2) is 53.4 Å². The van der Waals surface area contributed by atoms with E-state index in [2.05, 4.69) is 10.0 Å². The first-order valence-corrected chi connectivity index (χ1v) is 8.94. The number of hydrogen-bond donors (Lipinski definition) is 2. The van der Waals surface area contributed by atoms with E-state index < -0.39 is 10.0 Å². The van der Waals surface area contributed by atoms with Crippen molar-refractivity contribution in [3.63, 3.8) is 0 Å². The molecule has 2 rings (SSSR count). The quantitative estimate of drug-likeness (QED) is 0.854. The zero-order chi connectivity index (χ0) is 16.9. The highest BCUT2D eigenvalue weighted by Gasteiger charge is 2.15. The first-order chi connectivity index (χ1) is 11.0. The second kappa shape index (κ2) is 7.39. The molecule has 5 nitrogen and oxygen atoms in total. The third kappa shape index (κ3) is 4.40. The summed E-state index contributed by atoms with van der Waals surface area (Å²) in [5, 5.41) is 2.79. The Hall–Kier alpha value is -2.18. The Morgan fingerprint density at radius 2 is 1.78 bits per heavy atom. The molecule has 0 saturated carbocycles. The van der Waals surface area contributed by atoms with Gasteiger partial charge in [0.2, 0.25) is 10.0 Å². The number of rotatable bonds is 6. The minimum absolute atomic E-state index is 0.0781. The van der Waals surface area contributed by atoms with Gasteiger partial charge in [-0.25, -0.2) is 13.1 Å². The van der Waals surface area contributed by atoms with Gasteiger partial charge in [0.1, 0.15) is 0 Å². The van der Waals surface area contributed by atoms with Crippen LogP contribution in [-0.4, -0.2) is 20.9 Å². The molecule has 0 fully saturated rings. The zero-order valence-electron chi connectivity index (χ0n) is 13.2. The monoisotopic (exact) mass is 332 g/mol. The zero-order valence-corrected chi connectivity index (χ0v) is 14.0. The molecule has 0 aliphatic carbocycles. The minimum atomic E-state index is -3.58. The molecule has 2 aromatic rings. The fraction of sp³-hybridized carbons (Fsp3) is 0.235. The Bertz CT molecular complexity index is 801. The van der Waals surface area contributed by atoms with Crippen molar-refractivity contribution >= 4 is 21.6 Å². The number of sulfonamides is 1. The molecule has 0 atom stereocenters. The van der Waals surface area contributed by atoms with Crippen molar-refractivity contribution in [2.45, 2.75) is 25.2 Å². The molecule has 0 unspecified atom stereocenters. The lowest BCUT2D eigenvalue weighted by atomic mass is 10.1. The van der Waals surface area contributed by atoms with Crippen LogP contribution in [0.4, 0.5) is 5.69 Å². The molecule has 1 amide bonds. The second-order valence-electron chi connectivity index (χ2n) is 5.04. The number of hydrogen-bond acceptors (Lipinski definition) is 3. The number of benzene rings is 2. The van der Waals surface area contributed by atoms with E-state index in [-0.39, 0.29) is 10.8 Å². The van der Waals surface area contributed by atoms with E-state index in [9.17, 15) is 13.2 Å². The average Bonchev–Trinajstić information content (AvgIpc) is 2.55. The SMILES string of the molecule is CCNS(=O)(=O)c1cccc(C(=O)Nc2cccc(CC)c2)c1. The maximum absolute atomic E-state index is 12.3. The minimum Gasteiger partial charge on any atom is -0.322 e. The third-order valence-electron chi connectivity index (χ3n) is 3.33. The summed E-state index contributed by atoms with van der Waals surface area (Å²) in [6.45, 7) is 4.04. The molecular formula is C17H20N2O3S. The van der Waals surface area contributed by atoms with Crippen LogP contribution in [0, 0.1) is 0 Å². The maximum Gasteiger partial charge on any atom is 0.255 e. The summed E-state index contributed by atoms with van der Waals surface area (Å²) in [7, 11) is -3.58. The van der Waals surface area contributed by atoms with Gasteiger partial charge in [-0.1, -0.05) is 32.0 Å². The van der Waals surface area contributed by atoms with Crippen LogP contribution in [0.5, 0.6) is 0 Å². The smallest absolute Gasteiger partial charge is 0.255 e. The number of amides is 1. The van der Waals surface area contributed by atoms with Gasteiger partial charge in [0.25, 0.3) is 5.91 Å². The molecule has 6 heteroatoms. The van der Waals surface area contributed by atoms with Gasteiger partial charge in [0.15, 0.2) is 0 Å². The molecule has 2 N–H and O–H groups in total. The maximum atomic E-state index is 12.3. The van der Waals surface area contributed by atoms with Gasteiger partial charge in [0, 0.05) is 17.8 Å². The van der Waals surface area contributed by atoms with Gasteiger partial charge in [-0.05, 0) is 42.3 Å². The van der Waals surface area contributed by atoms with Crippen LogP contribution in [0.1, 0.15) is 29.8 Å². The first-order valence-electron chi connectivity index (χ1n) is 7.46. The largest absolute Gasteiger partial charge is 0.322 e. The number of anilines is 1. The summed E-state index contributed by atoms with van der Waals surface area (Å²) in [4.78, 5) is 12.4. The molecule has 0 heterocycles. The predicted octanol–water partition coefficient (Wildman–Crippen LogP) is 2.80. The summed E-state index contributed by atoms with van der Waals surface area (Å²) in [6.07, 6.45) is 0.875. The van der Waals surface area contributed by atoms with Crippen molar-refractivity contribution in [3.05, 3.63) is 59.7 Å². The topological polar surface area (TPSA) is 75.3 Å². The number of carbonyl (C=O) groups is 1. The Labute approximate surface area is 136 Å². The summed E-state index contributed by atoms with van der Waals surface area (Å²) < 4.78 is 26.4. The molecule has 0 bridgehead atoms. The van der Waals surface area contributed by atoms with Gasteiger partial charge in [-0.3, -0.25) is 4.79 Å². The highest BCUT2D eigenvalue weighted by molar-refractivity contribution is 7.89. The molecule has 0 radical (unpaired) electrons. The molecule has 0 saturated heterocycles. The molecule has 122 valence electrons. The summed E-state index contributed by atoms with van der Waals surface area (Å²) in [5.41, 5.74) is 2.10. The number of carbonyl (C=O) groups excluding carboxylic acids is 1. The van der Waals surface area contributed by atoms with E-state index in [4.69, 9.17) is 0 Å². The van der Waals surface area contributed by atoms with E-state index in [1.54, 1.807) is 25.1 Å². The van der Waals surface area contributed by atoms with Crippen LogP contribution in [-0.2, 0) is 16.4 Å². The Balaban J connectivity index is 2.23. The molecule has 0 aliphatic heterocycles. The molecule has 0 spiro atoms. The second-order valence-corrected chi connectivity index (χ2v) is 6.80. The van der Waals surface area contributed by atoms with E-state index >= 15 is 0 Å². The lowest BCUT2D eigenvalue weighted by Crippen LogP contribution is -2.23. The van der Waals surface area contributed by atoms with E-state index in [1.807, 2.05) is 25.1 Å². The van der Waals surface area contributed by atoms with Gasteiger partial charge < -0.3 is 5.32 Å². The van der Waals surface area contributed by atoms with Crippen LogP contribution >= 0.6 is 0 Å². The normalized spacial score (nSPS) is 11.2. The van der Waals surface area contributed by atoms with Crippen molar-refractivity contribution in [2.24, 2.45) is 0 Å². The Morgan fingerprint density at radius 3 is 2.48 bits per heavy atom. The van der Waals surface area contributed by atoms with E-state index in [0.717, 1.165) is 12.0 Å². The Morgan fingerprint density at radius 1 is 1.04 bits per heavy atom. The van der Waals surface area contributed by atoms with Crippen molar-refractivity contribution < 1.29 is 13.2 Å². The number of nitrogens with one attached hydrogen (secondary N) is 2.